The minimum atomic E-state index is -0.0236. The molecule has 2 rings (SSSR count). The lowest BCUT2D eigenvalue weighted by molar-refractivity contribution is 0.282. The lowest BCUT2D eigenvalue weighted by Gasteiger charge is -2.03. The predicted molar refractivity (Wildman–Crippen MR) is 57.0 cm³/mol. The van der Waals surface area contributed by atoms with Gasteiger partial charge in [0.1, 0.15) is 5.75 Å². The maximum Gasteiger partial charge on any atom is 0.134 e. The van der Waals surface area contributed by atoms with Crippen molar-refractivity contribution >= 4 is 26.8 Å². The molecular weight excluding hydrogens is 246 g/mol. The molecule has 0 bridgehead atoms. The van der Waals surface area contributed by atoms with Crippen LogP contribution < -0.4 is 0 Å². The van der Waals surface area contributed by atoms with Crippen molar-refractivity contribution in [3.8, 4) is 5.75 Å². The second-order valence-corrected chi connectivity index (χ2v) is 3.86. The molecule has 2 N–H and O–H groups in total. The second-order valence-electron chi connectivity index (χ2n) is 3.00. The number of nitrogens with zero attached hydrogens (tertiary/aromatic N) is 1. The molecule has 1 heterocycles. The first-order valence-corrected chi connectivity index (χ1v) is 4.88. The SMILES string of the molecule is OCc1cc(Br)c2ncc(O)cc2c1. The Morgan fingerprint density at radius 1 is 1.29 bits per heavy atom. The van der Waals surface area contributed by atoms with Gasteiger partial charge in [-0.1, -0.05) is 0 Å². The zero-order chi connectivity index (χ0) is 10.1. The van der Waals surface area contributed by atoms with Crippen LogP contribution in [0.1, 0.15) is 5.56 Å². The summed E-state index contributed by atoms with van der Waals surface area (Å²) in [5.41, 5.74) is 1.57. The highest BCUT2D eigenvalue weighted by Crippen LogP contribution is 2.26. The third kappa shape index (κ3) is 1.58. The van der Waals surface area contributed by atoms with Crippen molar-refractivity contribution in [2.75, 3.05) is 0 Å². The topological polar surface area (TPSA) is 53.4 Å². The number of fused-ring (bicyclic) bond motifs is 1. The van der Waals surface area contributed by atoms with E-state index in [0.29, 0.717) is 0 Å². The van der Waals surface area contributed by atoms with Gasteiger partial charge in [-0.25, -0.2) is 0 Å². The van der Waals surface area contributed by atoms with Crippen LogP contribution in [-0.4, -0.2) is 15.2 Å². The van der Waals surface area contributed by atoms with E-state index in [0.717, 1.165) is 20.9 Å². The lowest BCUT2D eigenvalue weighted by Crippen LogP contribution is -1.86. The van der Waals surface area contributed by atoms with E-state index in [9.17, 15) is 5.11 Å². The third-order valence-corrected chi connectivity index (χ3v) is 2.57. The van der Waals surface area contributed by atoms with E-state index in [1.54, 1.807) is 12.1 Å². The highest BCUT2D eigenvalue weighted by atomic mass is 79.9. The Morgan fingerprint density at radius 2 is 2.07 bits per heavy atom. The quantitative estimate of drug-likeness (QED) is 0.820. The number of halogens is 1. The molecule has 0 fully saturated rings. The minimum Gasteiger partial charge on any atom is -0.506 e. The van der Waals surface area contributed by atoms with Gasteiger partial charge >= 0.3 is 0 Å². The van der Waals surface area contributed by atoms with E-state index in [2.05, 4.69) is 20.9 Å². The zero-order valence-electron chi connectivity index (χ0n) is 7.24. The number of aromatic hydroxyl groups is 1. The largest absolute Gasteiger partial charge is 0.506 e. The Bertz CT molecular complexity index is 485. The number of hydrogen-bond donors (Lipinski definition) is 2. The molecule has 4 heteroatoms. The van der Waals surface area contributed by atoms with Crippen molar-refractivity contribution in [3.05, 3.63) is 34.4 Å². The maximum atomic E-state index is 9.24. The van der Waals surface area contributed by atoms with Gasteiger partial charge in [0, 0.05) is 9.86 Å². The van der Waals surface area contributed by atoms with Crippen molar-refractivity contribution in [3.63, 3.8) is 0 Å². The van der Waals surface area contributed by atoms with E-state index in [1.807, 2.05) is 6.07 Å². The molecule has 0 aliphatic carbocycles. The summed E-state index contributed by atoms with van der Waals surface area (Å²) in [6, 6.07) is 5.23. The van der Waals surface area contributed by atoms with Gasteiger partial charge in [-0.2, -0.15) is 0 Å². The normalized spacial score (nSPS) is 10.7. The Hall–Kier alpha value is -1.13. The molecule has 0 saturated carbocycles. The van der Waals surface area contributed by atoms with Gasteiger partial charge in [-0.05, 0) is 39.7 Å². The van der Waals surface area contributed by atoms with E-state index in [-0.39, 0.29) is 12.4 Å². The van der Waals surface area contributed by atoms with Gasteiger partial charge in [0.05, 0.1) is 18.3 Å². The fourth-order valence-corrected chi connectivity index (χ4v) is 1.97. The van der Waals surface area contributed by atoms with Gasteiger partial charge in [0.25, 0.3) is 0 Å². The van der Waals surface area contributed by atoms with Crippen LogP contribution in [0.5, 0.6) is 5.75 Å². The molecule has 1 aromatic heterocycles. The Morgan fingerprint density at radius 3 is 2.79 bits per heavy atom. The van der Waals surface area contributed by atoms with Crippen LogP contribution in [0.4, 0.5) is 0 Å². The number of rotatable bonds is 1. The van der Waals surface area contributed by atoms with E-state index in [4.69, 9.17) is 5.11 Å². The number of pyridine rings is 1. The molecule has 0 atom stereocenters. The molecule has 2 aromatic rings. The van der Waals surface area contributed by atoms with Crippen LogP contribution in [0, 0.1) is 0 Å². The first kappa shape index (κ1) is 9.43. The number of aliphatic hydroxyl groups excluding tert-OH is 1. The zero-order valence-corrected chi connectivity index (χ0v) is 8.82. The van der Waals surface area contributed by atoms with Crippen LogP contribution in [0.25, 0.3) is 10.9 Å². The molecule has 0 amide bonds. The highest BCUT2D eigenvalue weighted by molar-refractivity contribution is 9.10. The fourth-order valence-electron chi connectivity index (χ4n) is 1.34. The van der Waals surface area contributed by atoms with Crippen LogP contribution in [0.2, 0.25) is 0 Å². The fraction of sp³-hybridized carbons (Fsp3) is 0.100. The molecule has 3 nitrogen and oxygen atoms in total. The van der Waals surface area contributed by atoms with E-state index >= 15 is 0 Å². The molecule has 0 saturated heterocycles. The summed E-state index contributed by atoms with van der Waals surface area (Å²) in [5, 5.41) is 19.0. The standard InChI is InChI=1S/C10H8BrNO2/c11-9-2-6(5-13)1-7-3-8(14)4-12-10(7)9/h1-4,13-14H,5H2. The Kier molecular flexibility index (Phi) is 2.39. The van der Waals surface area contributed by atoms with Crippen LogP contribution in [-0.2, 0) is 6.61 Å². The summed E-state index contributed by atoms with van der Waals surface area (Å²) in [4.78, 5) is 4.08. The Balaban J connectivity index is 2.77. The summed E-state index contributed by atoms with van der Waals surface area (Å²) < 4.78 is 0.819. The van der Waals surface area contributed by atoms with Crippen molar-refractivity contribution in [1.29, 1.82) is 0 Å². The summed E-state index contributed by atoms with van der Waals surface area (Å²) in [6.45, 7) is -0.0236. The smallest absolute Gasteiger partial charge is 0.134 e. The average Bonchev–Trinajstić information content (AvgIpc) is 2.16. The van der Waals surface area contributed by atoms with Crippen LogP contribution >= 0.6 is 15.9 Å². The predicted octanol–water partition coefficient (Wildman–Crippen LogP) is 2.20. The summed E-state index contributed by atoms with van der Waals surface area (Å²) in [6.07, 6.45) is 1.39. The van der Waals surface area contributed by atoms with Gasteiger partial charge in [0.2, 0.25) is 0 Å². The van der Waals surface area contributed by atoms with Gasteiger partial charge in [-0.15, -0.1) is 0 Å². The van der Waals surface area contributed by atoms with E-state index < -0.39 is 0 Å². The summed E-state index contributed by atoms with van der Waals surface area (Å²) in [7, 11) is 0. The molecule has 0 unspecified atom stereocenters. The minimum absolute atomic E-state index is 0.0236. The van der Waals surface area contributed by atoms with Crippen molar-refractivity contribution in [1.82, 2.24) is 4.98 Å². The monoisotopic (exact) mass is 253 g/mol. The van der Waals surface area contributed by atoms with Gasteiger partial charge in [0.15, 0.2) is 0 Å². The molecular formula is C10H8BrNO2. The summed E-state index contributed by atoms with van der Waals surface area (Å²) in [5.74, 6) is 0.125. The first-order chi connectivity index (χ1) is 6.70. The third-order valence-electron chi connectivity index (χ3n) is 1.96. The van der Waals surface area contributed by atoms with Crippen molar-refractivity contribution in [2.24, 2.45) is 0 Å². The van der Waals surface area contributed by atoms with Crippen LogP contribution in [0.3, 0.4) is 0 Å². The second kappa shape index (κ2) is 3.55. The van der Waals surface area contributed by atoms with Gasteiger partial charge < -0.3 is 10.2 Å². The number of aliphatic hydroxyl groups is 1. The first-order valence-electron chi connectivity index (χ1n) is 4.08. The molecule has 1 aromatic carbocycles. The molecule has 14 heavy (non-hydrogen) atoms. The molecule has 0 radical (unpaired) electrons. The van der Waals surface area contributed by atoms with E-state index in [1.165, 1.54) is 6.20 Å². The Labute approximate surface area is 89.2 Å². The average molecular weight is 254 g/mol. The van der Waals surface area contributed by atoms with Crippen LogP contribution in [0.15, 0.2) is 28.9 Å². The number of benzene rings is 1. The molecule has 0 aliphatic heterocycles. The van der Waals surface area contributed by atoms with Gasteiger partial charge in [-0.3, -0.25) is 4.98 Å². The maximum absolute atomic E-state index is 9.24. The van der Waals surface area contributed by atoms with Crippen molar-refractivity contribution < 1.29 is 10.2 Å². The highest BCUT2D eigenvalue weighted by Gasteiger charge is 2.03. The molecule has 72 valence electrons. The van der Waals surface area contributed by atoms with Crippen molar-refractivity contribution in [2.45, 2.75) is 6.61 Å². The summed E-state index contributed by atoms with van der Waals surface area (Å²) >= 11 is 3.36. The molecule has 0 spiro atoms. The molecule has 0 aliphatic rings. The number of hydrogen-bond acceptors (Lipinski definition) is 3. The lowest BCUT2D eigenvalue weighted by atomic mass is 10.1. The number of aromatic nitrogens is 1.